The summed E-state index contributed by atoms with van der Waals surface area (Å²) in [5.74, 6) is 0.640. The van der Waals surface area contributed by atoms with Gasteiger partial charge in [0.1, 0.15) is 18.1 Å². The lowest BCUT2D eigenvalue weighted by molar-refractivity contribution is 0.0730. The van der Waals surface area contributed by atoms with Crippen LogP contribution < -0.4 is 4.74 Å². The summed E-state index contributed by atoms with van der Waals surface area (Å²) >= 11 is 12.4. The van der Waals surface area contributed by atoms with Crippen molar-refractivity contribution >= 4 is 29.1 Å². The molecule has 0 saturated carbocycles. The fourth-order valence-electron chi connectivity index (χ4n) is 4.95. The van der Waals surface area contributed by atoms with Crippen molar-refractivity contribution in [3.63, 3.8) is 0 Å². The third-order valence-corrected chi connectivity index (χ3v) is 7.62. The van der Waals surface area contributed by atoms with E-state index in [1.807, 2.05) is 77.7 Å². The van der Waals surface area contributed by atoms with Crippen molar-refractivity contribution in [1.82, 2.24) is 15.1 Å². The van der Waals surface area contributed by atoms with Crippen molar-refractivity contribution in [1.29, 1.82) is 0 Å². The van der Waals surface area contributed by atoms with Crippen LogP contribution in [0.3, 0.4) is 0 Å². The molecule has 5 nitrogen and oxygen atoms in total. The number of fused-ring (bicyclic) bond motifs is 1. The lowest BCUT2D eigenvalue weighted by atomic mass is 9.96. The van der Waals surface area contributed by atoms with E-state index >= 15 is 0 Å². The number of nitrogens with zero attached hydrogens (tertiary/aromatic N) is 2. The van der Waals surface area contributed by atoms with Gasteiger partial charge in [-0.15, -0.1) is 0 Å². The van der Waals surface area contributed by atoms with Gasteiger partial charge in [-0.1, -0.05) is 95.5 Å². The Morgan fingerprint density at radius 1 is 0.897 bits per heavy atom. The van der Waals surface area contributed by atoms with E-state index in [0.29, 0.717) is 28.9 Å². The largest absolute Gasteiger partial charge is 0.489 e. The minimum atomic E-state index is -0.323. The Kier molecular flexibility index (Phi) is 6.86. The summed E-state index contributed by atoms with van der Waals surface area (Å²) in [6.45, 7) is 2.89. The number of aromatic nitrogens is 2. The van der Waals surface area contributed by atoms with E-state index in [1.165, 1.54) is 5.56 Å². The molecule has 7 heteroatoms. The van der Waals surface area contributed by atoms with Crippen molar-refractivity contribution in [3.05, 3.63) is 141 Å². The fraction of sp³-hybridized carbons (Fsp3) is 0.125. The maximum absolute atomic E-state index is 13.7. The molecule has 0 radical (unpaired) electrons. The fourth-order valence-corrected chi connectivity index (χ4v) is 5.26. The molecule has 1 aromatic heterocycles. The lowest BCUT2D eigenvalue weighted by Gasteiger charge is -2.27. The molecular formula is C32H25Cl2N3O2. The number of nitrogens with one attached hydrogen (secondary N) is 1. The van der Waals surface area contributed by atoms with Gasteiger partial charge in [0.25, 0.3) is 5.91 Å². The normalized spacial score (nSPS) is 14.5. The zero-order valence-corrected chi connectivity index (χ0v) is 22.7. The average Bonchev–Trinajstić information content (AvgIpc) is 3.49. The molecule has 39 heavy (non-hydrogen) atoms. The number of hydrogen-bond donors (Lipinski definition) is 1. The van der Waals surface area contributed by atoms with Crippen LogP contribution in [0, 0.1) is 6.92 Å². The predicted octanol–water partition coefficient (Wildman–Crippen LogP) is 8.02. The Hall–Kier alpha value is -4.06. The average molecular weight is 554 g/mol. The second kappa shape index (κ2) is 10.6. The van der Waals surface area contributed by atoms with Gasteiger partial charge in [0, 0.05) is 33.3 Å². The van der Waals surface area contributed by atoms with Crippen LogP contribution in [0.2, 0.25) is 10.0 Å². The van der Waals surface area contributed by atoms with E-state index < -0.39 is 0 Å². The van der Waals surface area contributed by atoms with E-state index in [1.54, 1.807) is 0 Å². The van der Waals surface area contributed by atoms with E-state index in [9.17, 15) is 4.79 Å². The summed E-state index contributed by atoms with van der Waals surface area (Å²) in [6, 6.07) is 31.0. The first kappa shape index (κ1) is 25.2. The topological polar surface area (TPSA) is 58.2 Å². The first-order valence-corrected chi connectivity index (χ1v) is 13.4. The van der Waals surface area contributed by atoms with Crippen molar-refractivity contribution in [2.24, 2.45) is 0 Å². The third kappa shape index (κ3) is 5.03. The molecule has 5 aromatic rings. The molecule has 4 aromatic carbocycles. The smallest absolute Gasteiger partial charge is 0.273 e. The van der Waals surface area contributed by atoms with Crippen LogP contribution >= 0.6 is 23.2 Å². The zero-order chi connectivity index (χ0) is 26.9. The van der Waals surface area contributed by atoms with E-state index in [4.69, 9.17) is 27.9 Å². The second-order valence-corrected chi connectivity index (χ2v) is 10.5. The maximum atomic E-state index is 13.7. The number of benzene rings is 4. The van der Waals surface area contributed by atoms with Crippen molar-refractivity contribution < 1.29 is 9.53 Å². The third-order valence-electron chi connectivity index (χ3n) is 7.00. The summed E-state index contributed by atoms with van der Waals surface area (Å²) in [5, 5.41) is 8.89. The van der Waals surface area contributed by atoms with Crippen LogP contribution in [0.15, 0.2) is 97.1 Å². The monoisotopic (exact) mass is 553 g/mol. The number of carbonyl (C=O) groups is 1. The quantitative estimate of drug-likeness (QED) is 0.222. The first-order chi connectivity index (χ1) is 19.0. The molecule has 6 rings (SSSR count). The Balaban J connectivity index is 1.35. The number of H-pyrrole nitrogens is 1. The van der Waals surface area contributed by atoms with Gasteiger partial charge in [-0.2, -0.15) is 5.10 Å². The van der Waals surface area contributed by atoms with Crippen molar-refractivity contribution in [3.8, 4) is 17.0 Å². The molecule has 0 saturated heterocycles. The van der Waals surface area contributed by atoms with Crippen LogP contribution in [0.25, 0.3) is 11.3 Å². The van der Waals surface area contributed by atoms with Crippen molar-refractivity contribution in [2.45, 2.75) is 26.1 Å². The van der Waals surface area contributed by atoms with Gasteiger partial charge in [0.2, 0.25) is 0 Å². The first-order valence-electron chi connectivity index (χ1n) is 12.6. The highest BCUT2D eigenvalue weighted by Crippen LogP contribution is 2.44. The molecule has 0 spiro atoms. The number of ether oxygens (including phenoxy) is 1. The molecule has 0 aliphatic carbocycles. The maximum Gasteiger partial charge on any atom is 0.273 e. The summed E-state index contributed by atoms with van der Waals surface area (Å²) in [4.78, 5) is 15.6. The molecule has 2 heterocycles. The van der Waals surface area contributed by atoms with Crippen LogP contribution in [0.5, 0.6) is 5.75 Å². The number of amides is 1. The van der Waals surface area contributed by atoms with Crippen LogP contribution in [-0.2, 0) is 13.2 Å². The molecule has 1 aliphatic rings. The highest BCUT2D eigenvalue weighted by atomic mass is 35.5. The van der Waals surface area contributed by atoms with Gasteiger partial charge < -0.3 is 9.64 Å². The molecule has 1 N–H and O–H groups in total. The summed E-state index contributed by atoms with van der Waals surface area (Å²) in [5.41, 5.74) is 7.13. The van der Waals surface area contributed by atoms with Crippen LogP contribution in [0.1, 0.15) is 44.3 Å². The van der Waals surface area contributed by atoms with Gasteiger partial charge in [-0.3, -0.25) is 9.89 Å². The Bertz CT molecular complexity index is 1630. The molecule has 0 fully saturated rings. The molecule has 1 aliphatic heterocycles. The Morgan fingerprint density at radius 2 is 1.62 bits per heavy atom. The van der Waals surface area contributed by atoms with E-state index in [0.717, 1.165) is 39.3 Å². The minimum Gasteiger partial charge on any atom is -0.489 e. The number of halogens is 2. The van der Waals surface area contributed by atoms with E-state index in [-0.39, 0.29) is 11.9 Å². The number of carbonyl (C=O) groups excluding carboxylic acids is 1. The molecule has 1 unspecified atom stereocenters. The molecular weight excluding hydrogens is 529 g/mol. The van der Waals surface area contributed by atoms with Gasteiger partial charge in [0.15, 0.2) is 0 Å². The SMILES string of the molecule is Cc1ccc(CN2C(=O)c3[nH]nc(-c4ccc(Cl)cc4)c3C2c2ccc(OCc3ccccc3Cl)cc2)cc1. The molecule has 0 bridgehead atoms. The lowest BCUT2D eigenvalue weighted by Crippen LogP contribution is -2.29. The van der Waals surface area contributed by atoms with Gasteiger partial charge >= 0.3 is 0 Å². The Morgan fingerprint density at radius 3 is 2.33 bits per heavy atom. The highest BCUT2D eigenvalue weighted by molar-refractivity contribution is 6.31. The second-order valence-electron chi connectivity index (χ2n) is 9.64. The molecule has 1 atom stereocenters. The predicted molar refractivity (Wildman–Crippen MR) is 154 cm³/mol. The molecule has 1 amide bonds. The van der Waals surface area contributed by atoms with Gasteiger partial charge in [-0.05, 0) is 48.4 Å². The molecule has 194 valence electrons. The minimum absolute atomic E-state index is 0.0812. The Labute approximate surface area is 237 Å². The van der Waals surface area contributed by atoms with Crippen LogP contribution in [0.4, 0.5) is 0 Å². The van der Waals surface area contributed by atoms with Crippen LogP contribution in [-0.4, -0.2) is 21.0 Å². The summed E-state index contributed by atoms with van der Waals surface area (Å²) in [7, 11) is 0. The van der Waals surface area contributed by atoms with Crippen molar-refractivity contribution in [2.75, 3.05) is 0 Å². The van der Waals surface area contributed by atoms with Gasteiger partial charge in [0.05, 0.1) is 11.7 Å². The van der Waals surface area contributed by atoms with E-state index in [2.05, 4.69) is 41.4 Å². The standard InChI is InChI=1S/C32H25Cl2N3O2/c1-20-6-8-21(9-7-20)18-37-31(23-12-16-26(17-13-23)39-19-24-4-2-3-5-27(24)34)28-29(35-36-30(28)32(37)38)22-10-14-25(33)15-11-22/h2-17,31H,18-19H2,1H3,(H,35,36). The zero-order valence-electron chi connectivity index (χ0n) is 21.2. The highest BCUT2D eigenvalue weighted by Gasteiger charge is 2.42. The number of aryl methyl sites for hydroxylation is 1. The van der Waals surface area contributed by atoms with Gasteiger partial charge in [-0.25, -0.2) is 0 Å². The number of rotatable bonds is 7. The number of aromatic amines is 1. The summed E-state index contributed by atoms with van der Waals surface area (Å²) < 4.78 is 6.01. The summed E-state index contributed by atoms with van der Waals surface area (Å²) in [6.07, 6.45) is 0. The number of hydrogen-bond acceptors (Lipinski definition) is 3.